The van der Waals surface area contributed by atoms with E-state index in [0.29, 0.717) is 0 Å². The molecule has 6 aromatic carbocycles. The SMILES string of the molecule is c1ccc2c(c1)-c1cccc3cc(N4c5ccccc5-c5ccccc5-n5c4cc4ccccc45)cc-2c13. The number of rotatable bonds is 1. The van der Waals surface area contributed by atoms with E-state index in [2.05, 4.69) is 143 Å². The normalized spacial score (nSPS) is 12.7. The summed E-state index contributed by atoms with van der Waals surface area (Å²) in [4.78, 5) is 2.46. The third-order valence-electron chi connectivity index (χ3n) is 8.23. The maximum absolute atomic E-state index is 2.46. The zero-order valence-electron chi connectivity index (χ0n) is 20.6. The van der Waals surface area contributed by atoms with E-state index >= 15 is 0 Å². The van der Waals surface area contributed by atoms with Crippen molar-refractivity contribution in [3.8, 4) is 39.1 Å². The Morgan fingerprint density at radius 3 is 1.84 bits per heavy atom. The molecular formula is C36H22N2. The lowest BCUT2D eigenvalue weighted by Crippen LogP contribution is -2.13. The van der Waals surface area contributed by atoms with E-state index in [1.54, 1.807) is 0 Å². The first-order valence-corrected chi connectivity index (χ1v) is 13.1. The molecule has 176 valence electrons. The molecule has 0 atom stereocenters. The maximum Gasteiger partial charge on any atom is 0.123 e. The van der Waals surface area contributed by atoms with E-state index < -0.39 is 0 Å². The molecule has 1 aromatic heterocycles. The van der Waals surface area contributed by atoms with Gasteiger partial charge in [0.25, 0.3) is 0 Å². The number of hydrogen-bond donors (Lipinski definition) is 0. The first-order valence-electron chi connectivity index (χ1n) is 13.1. The molecule has 0 radical (unpaired) electrons. The lowest BCUT2D eigenvalue weighted by atomic mass is 9.99. The Bertz CT molecular complexity index is 2100. The fourth-order valence-electron chi connectivity index (χ4n) is 6.68. The molecule has 0 fully saturated rings. The number of hydrogen-bond acceptors (Lipinski definition) is 1. The lowest BCUT2D eigenvalue weighted by Gasteiger charge is -2.26. The van der Waals surface area contributed by atoms with Gasteiger partial charge in [-0.1, -0.05) is 97.1 Å². The Morgan fingerprint density at radius 1 is 0.395 bits per heavy atom. The van der Waals surface area contributed by atoms with Crippen molar-refractivity contribution in [3.05, 3.63) is 133 Å². The standard InChI is InChI=1S/C36H22N2/c1-6-17-32-23(10-1)21-35-37(33-18-7-4-14-28(33)29-15-5-8-19-34(29)38(32)35)25-20-24-11-9-16-30-26-12-2-3-13-27(26)31(22-25)36(24)30/h1-22H. The van der Waals surface area contributed by atoms with Crippen molar-refractivity contribution in [2.75, 3.05) is 4.90 Å². The van der Waals surface area contributed by atoms with E-state index in [9.17, 15) is 0 Å². The molecule has 2 heterocycles. The van der Waals surface area contributed by atoms with Gasteiger partial charge in [0.2, 0.25) is 0 Å². The molecule has 1 aliphatic heterocycles. The van der Waals surface area contributed by atoms with Gasteiger partial charge in [0.05, 0.1) is 16.9 Å². The highest BCUT2D eigenvalue weighted by molar-refractivity contribution is 6.17. The van der Waals surface area contributed by atoms with Gasteiger partial charge in [-0.05, 0) is 69.4 Å². The molecule has 38 heavy (non-hydrogen) atoms. The molecule has 0 saturated carbocycles. The van der Waals surface area contributed by atoms with Crippen LogP contribution in [-0.2, 0) is 0 Å². The summed E-state index contributed by atoms with van der Waals surface area (Å²) in [5, 5.41) is 3.86. The van der Waals surface area contributed by atoms with Gasteiger partial charge < -0.3 is 0 Å². The van der Waals surface area contributed by atoms with Crippen LogP contribution in [0.2, 0.25) is 0 Å². The Morgan fingerprint density at radius 2 is 1.00 bits per heavy atom. The van der Waals surface area contributed by atoms with Crippen molar-refractivity contribution in [3.63, 3.8) is 0 Å². The predicted molar refractivity (Wildman–Crippen MR) is 159 cm³/mol. The van der Waals surface area contributed by atoms with Crippen LogP contribution in [-0.4, -0.2) is 4.57 Å². The van der Waals surface area contributed by atoms with Crippen LogP contribution in [0.5, 0.6) is 0 Å². The summed E-state index contributed by atoms with van der Waals surface area (Å²) in [7, 11) is 0. The maximum atomic E-state index is 2.46. The Balaban J connectivity index is 1.43. The number of para-hydroxylation sites is 3. The number of fused-ring (bicyclic) bond motifs is 10. The van der Waals surface area contributed by atoms with E-state index in [1.807, 2.05) is 0 Å². The molecule has 2 heteroatoms. The summed E-state index contributed by atoms with van der Waals surface area (Å²) >= 11 is 0. The highest BCUT2D eigenvalue weighted by Gasteiger charge is 2.29. The molecule has 0 saturated heterocycles. The number of nitrogens with zero attached hydrogens (tertiary/aromatic N) is 2. The van der Waals surface area contributed by atoms with Crippen molar-refractivity contribution >= 4 is 38.9 Å². The highest BCUT2D eigenvalue weighted by Crippen LogP contribution is 2.53. The zero-order valence-corrected chi connectivity index (χ0v) is 20.6. The van der Waals surface area contributed by atoms with Crippen LogP contribution in [0.1, 0.15) is 0 Å². The first kappa shape index (κ1) is 20.0. The van der Waals surface area contributed by atoms with Crippen LogP contribution in [0.25, 0.3) is 60.7 Å². The van der Waals surface area contributed by atoms with Gasteiger partial charge in [0.15, 0.2) is 0 Å². The average Bonchev–Trinajstić information content (AvgIpc) is 3.47. The molecule has 2 nitrogen and oxygen atoms in total. The van der Waals surface area contributed by atoms with E-state index in [0.717, 1.165) is 5.82 Å². The summed E-state index contributed by atoms with van der Waals surface area (Å²) in [6, 6.07) is 48.9. The molecule has 2 aliphatic rings. The molecule has 0 spiro atoms. The van der Waals surface area contributed by atoms with E-state index in [-0.39, 0.29) is 0 Å². The minimum atomic E-state index is 1.15. The highest BCUT2D eigenvalue weighted by atomic mass is 15.3. The second kappa shape index (κ2) is 7.24. The second-order valence-electron chi connectivity index (χ2n) is 10.2. The van der Waals surface area contributed by atoms with Gasteiger partial charge in [0.1, 0.15) is 5.82 Å². The average molecular weight is 483 g/mol. The quantitative estimate of drug-likeness (QED) is 0.226. The molecule has 9 rings (SSSR count). The van der Waals surface area contributed by atoms with Gasteiger partial charge in [-0.15, -0.1) is 0 Å². The Kier molecular flexibility index (Phi) is 3.82. The van der Waals surface area contributed by atoms with Crippen LogP contribution in [0.15, 0.2) is 133 Å². The van der Waals surface area contributed by atoms with E-state index in [4.69, 9.17) is 0 Å². The fourth-order valence-corrected chi connectivity index (χ4v) is 6.68. The van der Waals surface area contributed by atoms with Crippen LogP contribution < -0.4 is 4.90 Å². The van der Waals surface area contributed by atoms with Gasteiger partial charge in [0, 0.05) is 22.2 Å². The van der Waals surface area contributed by atoms with Crippen LogP contribution >= 0.6 is 0 Å². The summed E-state index contributed by atoms with van der Waals surface area (Å²) in [6.07, 6.45) is 0. The van der Waals surface area contributed by atoms with Crippen molar-refractivity contribution in [2.24, 2.45) is 0 Å². The number of aromatic nitrogens is 1. The molecule has 0 bridgehead atoms. The van der Waals surface area contributed by atoms with Crippen LogP contribution in [0.3, 0.4) is 0 Å². The summed E-state index contributed by atoms with van der Waals surface area (Å²) in [5.74, 6) is 1.15. The predicted octanol–water partition coefficient (Wildman–Crippen LogP) is 9.88. The molecule has 0 unspecified atom stereocenters. The smallest absolute Gasteiger partial charge is 0.123 e. The fraction of sp³-hybridized carbons (Fsp3) is 0. The van der Waals surface area contributed by atoms with Crippen molar-refractivity contribution in [1.29, 1.82) is 0 Å². The summed E-state index contributed by atoms with van der Waals surface area (Å²) < 4.78 is 2.43. The molecule has 0 N–H and O–H groups in total. The minimum Gasteiger partial charge on any atom is -0.295 e. The topological polar surface area (TPSA) is 8.17 Å². The Hall–Kier alpha value is -5.08. The van der Waals surface area contributed by atoms with E-state index in [1.165, 1.54) is 72.1 Å². The van der Waals surface area contributed by atoms with Crippen LogP contribution in [0.4, 0.5) is 17.2 Å². The monoisotopic (exact) mass is 482 g/mol. The molecule has 0 amide bonds. The lowest BCUT2D eigenvalue weighted by molar-refractivity contribution is 1.09. The third kappa shape index (κ3) is 2.51. The molecule has 7 aromatic rings. The van der Waals surface area contributed by atoms with Gasteiger partial charge in [-0.25, -0.2) is 0 Å². The summed E-state index contributed by atoms with van der Waals surface area (Å²) in [6.45, 7) is 0. The zero-order chi connectivity index (χ0) is 24.8. The molecule has 1 aliphatic carbocycles. The van der Waals surface area contributed by atoms with Gasteiger partial charge in [-0.3, -0.25) is 9.47 Å². The number of anilines is 3. The molecular weight excluding hydrogens is 460 g/mol. The van der Waals surface area contributed by atoms with Gasteiger partial charge in [-0.2, -0.15) is 0 Å². The second-order valence-corrected chi connectivity index (χ2v) is 10.2. The summed E-state index contributed by atoms with van der Waals surface area (Å²) in [5.41, 5.74) is 12.5. The third-order valence-corrected chi connectivity index (χ3v) is 8.23. The van der Waals surface area contributed by atoms with Crippen molar-refractivity contribution in [2.45, 2.75) is 0 Å². The largest absolute Gasteiger partial charge is 0.295 e. The van der Waals surface area contributed by atoms with Crippen LogP contribution in [0, 0.1) is 0 Å². The Labute approximate surface area is 220 Å². The van der Waals surface area contributed by atoms with Crippen molar-refractivity contribution in [1.82, 2.24) is 4.57 Å². The minimum absolute atomic E-state index is 1.15. The van der Waals surface area contributed by atoms with Gasteiger partial charge >= 0.3 is 0 Å². The first-order chi connectivity index (χ1) is 18.9. The van der Waals surface area contributed by atoms with Crippen molar-refractivity contribution < 1.29 is 0 Å². The number of benzene rings is 6.